The summed E-state index contributed by atoms with van der Waals surface area (Å²) in [7, 11) is 3.40. The second-order valence-electron chi connectivity index (χ2n) is 6.19. The quantitative estimate of drug-likeness (QED) is 0.656. The molecule has 0 atom stereocenters. The maximum absolute atomic E-state index is 10.0. The van der Waals surface area contributed by atoms with Crippen molar-refractivity contribution in [3.8, 4) is 11.5 Å². The zero-order valence-corrected chi connectivity index (χ0v) is 15.3. The van der Waals surface area contributed by atoms with Gasteiger partial charge in [0.15, 0.2) is 5.96 Å². The standard InChI is InChI=1S/C21H25N3O2/c1-22-21(23-15-18-14-19(26-2)8-9-20(18)25)24-12-10-17(11-13-24)16-6-4-3-5-7-16/h3-10,14,25H,11-13,15H2,1-2H3,(H,22,23). The minimum Gasteiger partial charge on any atom is -0.508 e. The minimum absolute atomic E-state index is 0.249. The van der Waals surface area contributed by atoms with E-state index in [1.54, 1.807) is 26.3 Å². The average molecular weight is 351 g/mol. The highest BCUT2D eigenvalue weighted by Gasteiger charge is 2.16. The van der Waals surface area contributed by atoms with Gasteiger partial charge < -0.3 is 20.1 Å². The molecule has 0 spiro atoms. The highest BCUT2D eigenvalue weighted by Crippen LogP contribution is 2.24. The topological polar surface area (TPSA) is 57.1 Å². The van der Waals surface area contributed by atoms with E-state index in [1.165, 1.54) is 11.1 Å². The van der Waals surface area contributed by atoms with E-state index >= 15 is 0 Å². The molecule has 0 unspecified atom stereocenters. The third-order valence-electron chi connectivity index (χ3n) is 4.59. The lowest BCUT2D eigenvalue weighted by molar-refractivity contribution is 0.409. The molecule has 0 amide bonds. The van der Waals surface area contributed by atoms with Gasteiger partial charge in [-0.1, -0.05) is 36.4 Å². The SMILES string of the molecule is CN=C(NCc1cc(OC)ccc1O)N1CC=C(c2ccccc2)CC1. The number of guanidine groups is 1. The van der Waals surface area contributed by atoms with Crippen molar-refractivity contribution in [1.29, 1.82) is 0 Å². The van der Waals surface area contributed by atoms with Gasteiger partial charge in [-0.2, -0.15) is 0 Å². The molecule has 3 rings (SSSR count). The number of benzene rings is 2. The predicted octanol–water partition coefficient (Wildman–Crippen LogP) is 3.27. The Morgan fingerprint density at radius 2 is 2.04 bits per heavy atom. The van der Waals surface area contributed by atoms with E-state index in [9.17, 15) is 5.11 Å². The van der Waals surface area contributed by atoms with E-state index in [0.29, 0.717) is 6.54 Å². The van der Waals surface area contributed by atoms with Gasteiger partial charge in [-0.15, -0.1) is 0 Å². The zero-order chi connectivity index (χ0) is 18.4. The van der Waals surface area contributed by atoms with Crippen molar-refractivity contribution < 1.29 is 9.84 Å². The fraction of sp³-hybridized carbons (Fsp3) is 0.286. The van der Waals surface area contributed by atoms with Crippen LogP contribution < -0.4 is 10.1 Å². The lowest BCUT2D eigenvalue weighted by Crippen LogP contribution is -2.43. The normalized spacial score (nSPS) is 14.8. The summed E-state index contributed by atoms with van der Waals surface area (Å²) in [5.74, 6) is 1.80. The molecule has 1 aliphatic rings. The number of phenolic OH excluding ortho intramolecular Hbond substituents is 1. The number of hydrogen-bond acceptors (Lipinski definition) is 3. The van der Waals surface area contributed by atoms with Crippen LogP contribution in [0.5, 0.6) is 11.5 Å². The van der Waals surface area contributed by atoms with Crippen LogP contribution >= 0.6 is 0 Å². The highest BCUT2D eigenvalue weighted by molar-refractivity contribution is 5.81. The van der Waals surface area contributed by atoms with Crippen molar-refractivity contribution in [2.45, 2.75) is 13.0 Å². The second kappa shape index (κ2) is 8.43. The largest absolute Gasteiger partial charge is 0.508 e. The Morgan fingerprint density at radius 1 is 1.23 bits per heavy atom. The lowest BCUT2D eigenvalue weighted by atomic mass is 10.00. The fourth-order valence-electron chi connectivity index (χ4n) is 3.11. The Kier molecular flexibility index (Phi) is 5.79. The fourth-order valence-corrected chi connectivity index (χ4v) is 3.11. The molecule has 0 aromatic heterocycles. The summed E-state index contributed by atoms with van der Waals surface area (Å²) in [4.78, 5) is 6.60. The molecule has 0 saturated carbocycles. The number of nitrogens with zero attached hydrogens (tertiary/aromatic N) is 2. The number of nitrogens with one attached hydrogen (secondary N) is 1. The number of rotatable bonds is 4. The summed E-state index contributed by atoms with van der Waals surface area (Å²) in [5, 5.41) is 13.4. The van der Waals surface area contributed by atoms with Crippen molar-refractivity contribution in [3.05, 3.63) is 65.7 Å². The number of aliphatic imine (C=N–C) groups is 1. The van der Waals surface area contributed by atoms with E-state index in [0.717, 1.165) is 36.8 Å². The Morgan fingerprint density at radius 3 is 2.69 bits per heavy atom. The van der Waals surface area contributed by atoms with Gasteiger partial charge in [0.05, 0.1) is 7.11 Å². The van der Waals surface area contributed by atoms with Gasteiger partial charge in [-0.05, 0) is 35.8 Å². The van der Waals surface area contributed by atoms with Gasteiger partial charge in [-0.3, -0.25) is 4.99 Å². The van der Waals surface area contributed by atoms with Gasteiger partial charge in [0, 0.05) is 32.2 Å². The summed E-state index contributed by atoms with van der Waals surface area (Å²) in [5.41, 5.74) is 3.45. The summed E-state index contributed by atoms with van der Waals surface area (Å²) in [6.07, 6.45) is 3.24. The van der Waals surface area contributed by atoms with Gasteiger partial charge in [0.25, 0.3) is 0 Å². The minimum atomic E-state index is 0.249. The highest BCUT2D eigenvalue weighted by atomic mass is 16.5. The van der Waals surface area contributed by atoms with Crippen LogP contribution in [0.2, 0.25) is 0 Å². The number of phenols is 1. The predicted molar refractivity (Wildman–Crippen MR) is 105 cm³/mol. The third kappa shape index (κ3) is 4.17. The van der Waals surface area contributed by atoms with Gasteiger partial charge in [0.1, 0.15) is 11.5 Å². The second-order valence-corrected chi connectivity index (χ2v) is 6.19. The summed E-state index contributed by atoms with van der Waals surface area (Å²) < 4.78 is 5.23. The summed E-state index contributed by atoms with van der Waals surface area (Å²) >= 11 is 0. The molecule has 0 bridgehead atoms. The molecule has 0 radical (unpaired) electrons. The van der Waals surface area contributed by atoms with Crippen molar-refractivity contribution >= 4 is 11.5 Å². The molecule has 0 fully saturated rings. The molecule has 26 heavy (non-hydrogen) atoms. The van der Waals surface area contributed by atoms with Gasteiger partial charge >= 0.3 is 0 Å². The molecule has 2 aromatic carbocycles. The van der Waals surface area contributed by atoms with Crippen LogP contribution in [0.15, 0.2) is 59.6 Å². The molecule has 0 aliphatic carbocycles. The Balaban J connectivity index is 1.63. The first kappa shape index (κ1) is 17.9. The molecule has 1 heterocycles. The van der Waals surface area contributed by atoms with Crippen LogP contribution in [0.25, 0.3) is 5.57 Å². The number of ether oxygens (including phenoxy) is 1. The van der Waals surface area contributed by atoms with Crippen LogP contribution in [-0.4, -0.2) is 43.2 Å². The first-order valence-corrected chi connectivity index (χ1v) is 8.77. The molecule has 2 N–H and O–H groups in total. The van der Waals surface area contributed by atoms with E-state index in [-0.39, 0.29) is 5.75 Å². The third-order valence-corrected chi connectivity index (χ3v) is 4.59. The summed E-state index contributed by atoms with van der Waals surface area (Å²) in [6, 6.07) is 15.7. The Bertz CT molecular complexity index is 800. The van der Waals surface area contributed by atoms with Gasteiger partial charge in [0.2, 0.25) is 0 Å². The molecular weight excluding hydrogens is 326 g/mol. The van der Waals surface area contributed by atoms with E-state index in [1.807, 2.05) is 12.1 Å². The first-order chi connectivity index (χ1) is 12.7. The maximum Gasteiger partial charge on any atom is 0.194 e. The summed E-state index contributed by atoms with van der Waals surface area (Å²) in [6.45, 7) is 2.21. The van der Waals surface area contributed by atoms with Crippen LogP contribution in [-0.2, 0) is 6.54 Å². The number of aromatic hydroxyl groups is 1. The van der Waals surface area contributed by atoms with Gasteiger partial charge in [-0.25, -0.2) is 0 Å². The average Bonchev–Trinajstić information content (AvgIpc) is 2.71. The van der Waals surface area contributed by atoms with E-state index in [2.05, 4.69) is 45.6 Å². The first-order valence-electron chi connectivity index (χ1n) is 8.77. The molecular formula is C21H25N3O2. The van der Waals surface area contributed by atoms with Crippen molar-refractivity contribution in [2.75, 3.05) is 27.2 Å². The van der Waals surface area contributed by atoms with Crippen molar-refractivity contribution in [2.24, 2.45) is 4.99 Å². The van der Waals surface area contributed by atoms with E-state index < -0.39 is 0 Å². The van der Waals surface area contributed by atoms with Crippen LogP contribution in [0.4, 0.5) is 0 Å². The monoisotopic (exact) mass is 351 g/mol. The molecule has 5 nitrogen and oxygen atoms in total. The van der Waals surface area contributed by atoms with Crippen LogP contribution in [0, 0.1) is 0 Å². The number of methoxy groups -OCH3 is 1. The smallest absolute Gasteiger partial charge is 0.194 e. The number of hydrogen-bond donors (Lipinski definition) is 2. The Hall–Kier alpha value is -2.95. The van der Waals surface area contributed by atoms with E-state index in [4.69, 9.17) is 4.74 Å². The van der Waals surface area contributed by atoms with Crippen LogP contribution in [0.1, 0.15) is 17.5 Å². The molecule has 5 heteroatoms. The Labute approximate surface area is 154 Å². The molecule has 2 aromatic rings. The molecule has 136 valence electrons. The van der Waals surface area contributed by atoms with Crippen molar-refractivity contribution in [1.82, 2.24) is 10.2 Å². The lowest BCUT2D eigenvalue weighted by Gasteiger charge is -2.30. The van der Waals surface area contributed by atoms with Crippen LogP contribution in [0.3, 0.4) is 0 Å². The maximum atomic E-state index is 10.0. The molecule has 0 saturated heterocycles. The van der Waals surface area contributed by atoms with Crippen molar-refractivity contribution in [3.63, 3.8) is 0 Å². The zero-order valence-electron chi connectivity index (χ0n) is 15.3. The molecule has 1 aliphatic heterocycles.